The lowest BCUT2D eigenvalue weighted by atomic mass is 10.2. The maximum absolute atomic E-state index is 12.5. The minimum Gasteiger partial charge on any atom is -0.406 e. The van der Waals surface area contributed by atoms with E-state index in [2.05, 4.69) is 25.2 Å². The van der Waals surface area contributed by atoms with Crippen LogP contribution in [0.15, 0.2) is 53.7 Å². The van der Waals surface area contributed by atoms with Gasteiger partial charge in [0, 0.05) is 18.8 Å². The molecule has 3 aromatic rings. The van der Waals surface area contributed by atoms with Crippen molar-refractivity contribution in [1.29, 1.82) is 0 Å². The van der Waals surface area contributed by atoms with Crippen LogP contribution in [0.25, 0.3) is 5.69 Å². The lowest BCUT2D eigenvalue weighted by Crippen LogP contribution is -2.38. The van der Waals surface area contributed by atoms with E-state index in [4.69, 9.17) is 4.74 Å². The third-order valence-corrected chi connectivity index (χ3v) is 5.90. The van der Waals surface area contributed by atoms with Gasteiger partial charge >= 0.3 is 6.36 Å². The van der Waals surface area contributed by atoms with Crippen LogP contribution in [-0.2, 0) is 9.53 Å². The third-order valence-electron chi connectivity index (χ3n) is 4.97. The number of hydrogen-bond acceptors (Lipinski definition) is 7. The molecule has 1 fully saturated rings. The molecule has 1 N–H and O–H groups in total. The van der Waals surface area contributed by atoms with Gasteiger partial charge in [-0.3, -0.25) is 9.36 Å². The second kappa shape index (κ2) is 10.3. The monoisotopic (exact) mass is 493 g/mol. The van der Waals surface area contributed by atoms with E-state index in [1.807, 2.05) is 35.8 Å². The predicted octanol–water partition coefficient (Wildman–Crippen LogP) is 4.04. The van der Waals surface area contributed by atoms with Gasteiger partial charge < -0.3 is 19.7 Å². The zero-order valence-corrected chi connectivity index (χ0v) is 19.0. The summed E-state index contributed by atoms with van der Waals surface area (Å²) in [5.74, 6) is 0.0258. The number of carbonyl (C=O) groups excluding carboxylic acids is 1. The first-order chi connectivity index (χ1) is 16.3. The molecular weight excluding hydrogens is 471 g/mol. The van der Waals surface area contributed by atoms with E-state index in [1.165, 1.54) is 23.9 Å². The quantitative estimate of drug-likeness (QED) is 0.498. The Morgan fingerprint density at radius 1 is 1.12 bits per heavy atom. The fraction of sp³-hybridized carbons (Fsp3) is 0.318. The molecule has 12 heteroatoms. The SMILES string of the molecule is Cc1ccccc1-n1c(SCC(=O)Nc2ccc(OC(F)(F)F)cc2)nnc1N1CCOCC1. The van der Waals surface area contributed by atoms with E-state index in [9.17, 15) is 18.0 Å². The Balaban J connectivity index is 1.47. The summed E-state index contributed by atoms with van der Waals surface area (Å²) >= 11 is 1.22. The Bertz CT molecular complexity index is 1130. The Morgan fingerprint density at radius 3 is 2.50 bits per heavy atom. The first-order valence-electron chi connectivity index (χ1n) is 10.4. The fourth-order valence-electron chi connectivity index (χ4n) is 3.42. The molecule has 0 bridgehead atoms. The summed E-state index contributed by atoms with van der Waals surface area (Å²) in [5, 5.41) is 11.9. The predicted molar refractivity (Wildman–Crippen MR) is 122 cm³/mol. The van der Waals surface area contributed by atoms with Crippen LogP contribution in [-0.4, -0.2) is 59.1 Å². The Hall–Kier alpha value is -3.25. The molecule has 2 aromatic carbocycles. The second-order valence-corrected chi connectivity index (χ2v) is 8.36. The van der Waals surface area contributed by atoms with Gasteiger partial charge in [0.1, 0.15) is 5.75 Å². The number of alkyl halides is 3. The highest BCUT2D eigenvalue weighted by Gasteiger charge is 2.31. The smallest absolute Gasteiger partial charge is 0.406 e. The molecule has 0 radical (unpaired) electrons. The minimum absolute atomic E-state index is 0.0356. The molecule has 180 valence electrons. The number of aromatic nitrogens is 3. The standard InChI is InChI=1S/C22H22F3N5O3S/c1-15-4-2-3-5-18(15)30-20(29-10-12-32-13-11-29)27-28-21(30)34-14-19(31)26-16-6-8-17(9-7-16)33-22(23,24)25/h2-9H,10-14H2,1H3,(H,26,31). The van der Waals surface area contributed by atoms with Gasteiger partial charge in [-0.25, -0.2) is 0 Å². The number of halogens is 3. The van der Waals surface area contributed by atoms with Crippen molar-refractivity contribution in [2.24, 2.45) is 0 Å². The van der Waals surface area contributed by atoms with Gasteiger partial charge in [-0.15, -0.1) is 23.4 Å². The highest BCUT2D eigenvalue weighted by Crippen LogP contribution is 2.29. The van der Waals surface area contributed by atoms with Crippen LogP contribution in [0.5, 0.6) is 5.75 Å². The van der Waals surface area contributed by atoms with Crippen LogP contribution in [0.2, 0.25) is 0 Å². The zero-order valence-electron chi connectivity index (χ0n) is 18.2. The van der Waals surface area contributed by atoms with Crippen molar-refractivity contribution < 1.29 is 27.4 Å². The van der Waals surface area contributed by atoms with Gasteiger partial charge in [0.2, 0.25) is 11.9 Å². The highest BCUT2D eigenvalue weighted by molar-refractivity contribution is 7.99. The molecule has 0 spiro atoms. The second-order valence-electron chi connectivity index (χ2n) is 7.41. The molecule has 0 aliphatic carbocycles. The molecule has 1 aliphatic rings. The van der Waals surface area contributed by atoms with Crippen LogP contribution in [0.4, 0.5) is 24.8 Å². The molecule has 0 atom stereocenters. The van der Waals surface area contributed by atoms with E-state index in [1.54, 1.807) is 0 Å². The molecule has 8 nitrogen and oxygen atoms in total. The van der Waals surface area contributed by atoms with Crippen LogP contribution in [0.3, 0.4) is 0 Å². The summed E-state index contributed by atoms with van der Waals surface area (Å²) in [6, 6.07) is 12.8. The first-order valence-corrected chi connectivity index (χ1v) is 11.4. The summed E-state index contributed by atoms with van der Waals surface area (Å²) in [5.41, 5.74) is 2.30. The van der Waals surface area contributed by atoms with Gasteiger partial charge in [0.05, 0.1) is 24.7 Å². The average Bonchev–Trinajstić information content (AvgIpc) is 3.23. The molecule has 1 aliphatic heterocycles. The lowest BCUT2D eigenvalue weighted by molar-refractivity contribution is -0.274. The summed E-state index contributed by atoms with van der Waals surface area (Å²) in [6.07, 6.45) is -4.77. The summed E-state index contributed by atoms with van der Waals surface area (Å²) in [4.78, 5) is 14.6. The normalized spacial score (nSPS) is 14.2. The average molecular weight is 494 g/mol. The molecule has 1 amide bonds. The van der Waals surface area contributed by atoms with Crippen molar-refractivity contribution in [3.8, 4) is 11.4 Å². The van der Waals surface area contributed by atoms with Crippen LogP contribution >= 0.6 is 11.8 Å². The van der Waals surface area contributed by atoms with Crippen molar-refractivity contribution in [2.45, 2.75) is 18.4 Å². The molecule has 34 heavy (non-hydrogen) atoms. The van der Waals surface area contributed by atoms with Gasteiger partial charge in [0.25, 0.3) is 0 Å². The minimum atomic E-state index is -4.77. The molecule has 1 aromatic heterocycles. The number of rotatable bonds is 7. The number of nitrogens with one attached hydrogen (secondary N) is 1. The van der Waals surface area contributed by atoms with Crippen molar-refractivity contribution in [2.75, 3.05) is 42.3 Å². The first kappa shape index (κ1) is 23.9. The van der Waals surface area contributed by atoms with Gasteiger partial charge in [-0.1, -0.05) is 30.0 Å². The Labute approximate surface area is 198 Å². The summed E-state index contributed by atoms with van der Waals surface area (Å²) in [7, 11) is 0. The van der Waals surface area contributed by atoms with E-state index < -0.39 is 6.36 Å². The number of anilines is 2. The largest absolute Gasteiger partial charge is 0.573 e. The number of aryl methyl sites for hydroxylation is 1. The number of nitrogens with zero attached hydrogens (tertiary/aromatic N) is 4. The summed E-state index contributed by atoms with van der Waals surface area (Å²) in [6.45, 7) is 4.55. The van der Waals surface area contributed by atoms with E-state index in [0.29, 0.717) is 43.1 Å². The molecule has 0 saturated carbocycles. The molecule has 1 saturated heterocycles. The van der Waals surface area contributed by atoms with E-state index in [-0.39, 0.29) is 17.4 Å². The Kier molecular flexibility index (Phi) is 7.27. The molecule has 0 unspecified atom stereocenters. The lowest BCUT2D eigenvalue weighted by Gasteiger charge is -2.28. The number of benzene rings is 2. The fourth-order valence-corrected chi connectivity index (χ4v) is 4.16. The number of thioether (sulfide) groups is 1. The maximum atomic E-state index is 12.5. The number of hydrogen-bond donors (Lipinski definition) is 1. The van der Waals surface area contributed by atoms with Crippen molar-refractivity contribution in [1.82, 2.24) is 14.8 Å². The van der Waals surface area contributed by atoms with E-state index in [0.717, 1.165) is 23.4 Å². The molecule has 4 rings (SSSR count). The molecular formula is C22H22F3N5O3S. The number of amides is 1. The number of para-hydroxylation sites is 1. The van der Waals surface area contributed by atoms with Crippen LogP contribution in [0.1, 0.15) is 5.56 Å². The number of ether oxygens (including phenoxy) is 2. The maximum Gasteiger partial charge on any atom is 0.573 e. The number of morpholine rings is 1. The zero-order chi connectivity index (χ0) is 24.1. The topological polar surface area (TPSA) is 81.5 Å². The Morgan fingerprint density at radius 2 is 1.82 bits per heavy atom. The van der Waals surface area contributed by atoms with Crippen molar-refractivity contribution >= 4 is 29.3 Å². The van der Waals surface area contributed by atoms with Gasteiger partial charge in [0.15, 0.2) is 5.16 Å². The van der Waals surface area contributed by atoms with Crippen LogP contribution in [0, 0.1) is 6.92 Å². The van der Waals surface area contributed by atoms with Gasteiger partial charge in [-0.2, -0.15) is 0 Å². The summed E-state index contributed by atoms with van der Waals surface area (Å²) < 4.78 is 48.1. The number of carbonyl (C=O) groups is 1. The van der Waals surface area contributed by atoms with E-state index >= 15 is 0 Å². The molecule has 2 heterocycles. The highest BCUT2D eigenvalue weighted by atomic mass is 32.2. The third kappa shape index (κ3) is 6.00. The van der Waals surface area contributed by atoms with Crippen LogP contribution < -0.4 is 15.0 Å². The van der Waals surface area contributed by atoms with Crippen molar-refractivity contribution in [3.63, 3.8) is 0 Å². The van der Waals surface area contributed by atoms with Crippen molar-refractivity contribution in [3.05, 3.63) is 54.1 Å². The van der Waals surface area contributed by atoms with Gasteiger partial charge in [-0.05, 0) is 42.8 Å².